The minimum atomic E-state index is -1.59. The van der Waals surface area contributed by atoms with Crippen LogP contribution >= 0.6 is 0 Å². The lowest BCUT2D eigenvalue weighted by Crippen LogP contribution is -2.38. The van der Waals surface area contributed by atoms with E-state index < -0.39 is 13.0 Å². The van der Waals surface area contributed by atoms with E-state index >= 15 is 0 Å². The van der Waals surface area contributed by atoms with Crippen LogP contribution in [0.1, 0.15) is 17.5 Å². The molecule has 0 amide bonds. The molecule has 0 radical (unpaired) electrons. The zero-order valence-electron chi connectivity index (χ0n) is 12.8. The average Bonchev–Trinajstić information content (AvgIpc) is 2.71. The van der Waals surface area contributed by atoms with E-state index in [0.717, 1.165) is 16.5 Å². The van der Waals surface area contributed by atoms with Crippen LogP contribution < -0.4 is 0 Å². The monoisotopic (exact) mass is 220 g/mol. The fourth-order valence-corrected chi connectivity index (χ4v) is 2.01. The van der Waals surface area contributed by atoms with E-state index in [1.807, 2.05) is 6.07 Å². The molecule has 1 fully saturated rings. The quantitative estimate of drug-likeness (QED) is 0.831. The summed E-state index contributed by atoms with van der Waals surface area (Å²) in [5.41, 5.74) is 1.70. The second-order valence-corrected chi connectivity index (χ2v) is 3.91. The summed E-state index contributed by atoms with van der Waals surface area (Å²) >= 11 is 0. The van der Waals surface area contributed by atoms with E-state index in [1.165, 1.54) is 4.90 Å². The summed E-state index contributed by atoms with van der Waals surface area (Å²) in [6.07, 6.45) is 2.17. The van der Waals surface area contributed by atoms with Crippen LogP contribution in [0, 0.1) is 0 Å². The smallest absolute Gasteiger partial charge is 0.125 e. The fourth-order valence-electron chi connectivity index (χ4n) is 2.01. The molecule has 1 aliphatic rings. The van der Waals surface area contributed by atoms with Crippen molar-refractivity contribution in [2.24, 2.45) is 0 Å². The lowest BCUT2D eigenvalue weighted by atomic mass is 10.1. The Hall–Kier alpha value is -1.48. The zero-order chi connectivity index (χ0) is 14.5. The number of likely N-dealkylation sites (tertiary alicyclic amines) is 1. The largest absolute Gasteiger partial charge is 0.507 e. The molecule has 16 heavy (non-hydrogen) atoms. The summed E-state index contributed by atoms with van der Waals surface area (Å²) in [6, 6.07) is 5.23. The number of hydrogen-bond donors (Lipinski definition) is 2. The van der Waals surface area contributed by atoms with E-state index in [-0.39, 0.29) is 18.7 Å². The zero-order valence-corrected chi connectivity index (χ0v) is 8.83. The predicted octanol–water partition coefficient (Wildman–Crippen LogP) is 2.12. The Morgan fingerprint density at radius 1 is 1.44 bits per heavy atom. The van der Waals surface area contributed by atoms with Crippen molar-refractivity contribution < 1.29 is 10.6 Å². The van der Waals surface area contributed by atoms with Gasteiger partial charge in [0.15, 0.2) is 0 Å². The van der Waals surface area contributed by atoms with Crippen LogP contribution in [0.4, 0.5) is 0 Å². The molecule has 1 aromatic carbocycles. The van der Waals surface area contributed by atoms with Crippen LogP contribution in [0.5, 0.6) is 5.75 Å². The van der Waals surface area contributed by atoms with Gasteiger partial charge in [0.1, 0.15) is 5.75 Å². The molecule has 1 aromatic heterocycles. The Morgan fingerprint density at radius 2 is 2.31 bits per heavy atom. The normalized spacial score (nSPS) is 26.5. The molecule has 2 N–H and O–H groups in total. The highest BCUT2D eigenvalue weighted by molar-refractivity contribution is 5.88. The van der Waals surface area contributed by atoms with Crippen molar-refractivity contribution in [1.82, 2.24) is 9.88 Å². The number of aromatic amines is 1. The second kappa shape index (κ2) is 3.83. The lowest BCUT2D eigenvalue weighted by Gasteiger charge is -2.30. The number of nitrogens with zero attached hydrogens (tertiary/aromatic N) is 1. The molecule has 84 valence electrons. The van der Waals surface area contributed by atoms with Crippen LogP contribution in [-0.2, 0) is 6.42 Å². The first kappa shape index (κ1) is 6.30. The Morgan fingerprint density at radius 3 is 3.12 bits per heavy atom. The first-order valence-electron chi connectivity index (χ1n) is 7.37. The van der Waals surface area contributed by atoms with Gasteiger partial charge in [0, 0.05) is 29.1 Å². The van der Waals surface area contributed by atoms with Crippen molar-refractivity contribution in [3.63, 3.8) is 0 Å². The Bertz CT molecular complexity index is 639. The van der Waals surface area contributed by atoms with E-state index in [0.29, 0.717) is 6.42 Å². The number of phenols is 1. The molecule has 0 aliphatic carbocycles. The van der Waals surface area contributed by atoms with Crippen molar-refractivity contribution in [2.45, 2.75) is 12.8 Å². The fraction of sp³-hybridized carbons (Fsp3) is 0.385. The van der Waals surface area contributed by atoms with Gasteiger partial charge >= 0.3 is 0 Å². The summed E-state index contributed by atoms with van der Waals surface area (Å²) in [5, 5.41) is 10.6. The van der Waals surface area contributed by atoms with E-state index in [4.69, 9.17) is 5.48 Å². The third-order valence-electron chi connectivity index (χ3n) is 2.91. The number of fused-ring (bicyclic) bond motifs is 1. The number of benzene rings is 1. The number of phenolic OH excluding ortho intramolecular Hbond substituents is 1. The van der Waals surface area contributed by atoms with Crippen LogP contribution in [0.2, 0.25) is 0 Å². The van der Waals surface area contributed by atoms with Gasteiger partial charge in [-0.2, -0.15) is 0 Å². The summed E-state index contributed by atoms with van der Waals surface area (Å²) in [6.45, 7) is -2.89. The molecular formula is C13H16N2O. The molecule has 0 saturated carbocycles. The van der Waals surface area contributed by atoms with Crippen molar-refractivity contribution >= 4 is 10.9 Å². The molecule has 0 bridgehead atoms. The Balaban J connectivity index is 1.81. The third-order valence-corrected chi connectivity index (χ3v) is 2.91. The summed E-state index contributed by atoms with van der Waals surface area (Å²) in [5.74, 6) is 0.188. The number of H-pyrrole nitrogens is 1. The standard InChI is InChI=1S/C13H16N2O/c16-12-4-1-3-11-13(12)10(9-14-11)5-8-15-6-2-7-15/h1,3-4,9,14,16H,2,5-8H2/i6D2,7D2. The summed E-state index contributed by atoms with van der Waals surface area (Å²) in [4.78, 5) is 4.30. The highest BCUT2D eigenvalue weighted by Gasteiger charge is 2.14. The van der Waals surface area contributed by atoms with Gasteiger partial charge in [-0.25, -0.2) is 0 Å². The van der Waals surface area contributed by atoms with Gasteiger partial charge in [0.05, 0.1) is 0 Å². The van der Waals surface area contributed by atoms with Crippen LogP contribution in [0.25, 0.3) is 10.9 Å². The van der Waals surface area contributed by atoms with E-state index in [1.54, 1.807) is 18.3 Å². The topological polar surface area (TPSA) is 39.3 Å². The molecule has 1 saturated heterocycles. The molecule has 2 aromatic rings. The van der Waals surface area contributed by atoms with Crippen molar-refractivity contribution in [1.29, 1.82) is 0 Å². The lowest BCUT2D eigenvalue weighted by molar-refractivity contribution is 0.184. The van der Waals surface area contributed by atoms with E-state index in [2.05, 4.69) is 4.98 Å². The van der Waals surface area contributed by atoms with Crippen molar-refractivity contribution in [3.05, 3.63) is 30.0 Å². The number of nitrogens with one attached hydrogen (secondary N) is 1. The minimum absolute atomic E-state index is 0.0981. The van der Waals surface area contributed by atoms with Crippen LogP contribution in [-0.4, -0.2) is 34.5 Å². The van der Waals surface area contributed by atoms with Gasteiger partial charge in [-0.15, -0.1) is 0 Å². The van der Waals surface area contributed by atoms with Crippen LogP contribution in [0.3, 0.4) is 0 Å². The maximum absolute atomic E-state index is 9.90. The predicted molar refractivity (Wildman–Crippen MR) is 64.7 cm³/mol. The van der Waals surface area contributed by atoms with Gasteiger partial charge in [0.25, 0.3) is 0 Å². The Kier molecular flexibility index (Phi) is 1.51. The van der Waals surface area contributed by atoms with Crippen molar-refractivity contribution in [3.8, 4) is 5.75 Å². The van der Waals surface area contributed by atoms with Gasteiger partial charge < -0.3 is 15.0 Å². The van der Waals surface area contributed by atoms with Gasteiger partial charge in [-0.1, -0.05) is 6.07 Å². The number of rotatable bonds is 3. The number of aromatic hydroxyl groups is 1. The summed E-state index contributed by atoms with van der Waals surface area (Å²) < 4.78 is 30.8. The molecule has 3 heteroatoms. The molecule has 0 spiro atoms. The van der Waals surface area contributed by atoms with Gasteiger partial charge in [0.2, 0.25) is 0 Å². The molecule has 3 rings (SSSR count). The maximum Gasteiger partial charge on any atom is 0.125 e. The first-order valence-corrected chi connectivity index (χ1v) is 5.37. The van der Waals surface area contributed by atoms with Crippen molar-refractivity contribution in [2.75, 3.05) is 19.5 Å². The maximum atomic E-state index is 9.90. The van der Waals surface area contributed by atoms with E-state index in [9.17, 15) is 5.11 Å². The second-order valence-electron chi connectivity index (χ2n) is 3.91. The number of hydrogen-bond acceptors (Lipinski definition) is 2. The average molecular weight is 220 g/mol. The molecule has 3 nitrogen and oxygen atoms in total. The highest BCUT2D eigenvalue weighted by atomic mass is 16.3. The SMILES string of the molecule is [2H]C1([2H])CC([2H])([2H])N1CCc1c[nH]c2cccc(O)c12. The first-order chi connectivity index (χ1) is 9.31. The summed E-state index contributed by atoms with van der Waals surface area (Å²) in [7, 11) is 0. The molecule has 0 unspecified atom stereocenters. The van der Waals surface area contributed by atoms with Gasteiger partial charge in [-0.05, 0) is 43.5 Å². The van der Waals surface area contributed by atoms with Crippen LogP contribution in [0.15, 0.2) is 24.4 Å². The van der Waals surface area contributed by atoms with Gasteiger partial charge in [-0.3, -0.25) is 0 Å². The minimum Gasteiger partial charge on any atom is -0.507 e. The molecule has 0 atom stereocenters. The molecule has 1 aliphatic heterocycles. The third kappa shape index (κ3) is 1.57. The highest BCUT2D eigenvalue weighted by Crippen LogP contribution is 2.28. The Labute approximate surface area is 100 Å². The molecular weight excluding hydrogens is 200 g/mol. The molecule has 2 heterocycles. The number of aromatic nitrogens is 1.